The van der Waals surface area contributed by atoms with Crippen molar-refractivity contribution in [2.24, 2.45) is 0 Å². The highest BCUT2D eigenvalue weighted by atomic mass is 32.1. The van der Waals surface area contributed by atoms with Gasteiger partial charge in [-0.05, 0) is 12.0 Å². The van der Waals surface area contributed by atoms with Gasteiger partial charge in [-0.25, -0.2) is 9.97 Å². The van der Waals surface area contributed by atoms with E-state index < -0.39 is 0 Å². The molecule has 1 aromatic carbocycles. The lowest BCUT2D eigenvalue weighted by Gasteiger charge is -2.07. The summed E-state index contributed by atoms with van der Waals surface area (Å²) < 4.78 is 0. The zero-order chi connectivity index (χ0) is 13.8. The number of benzene rings is 1. The third kappa shape index (κ3) is 2.51. The number of rotatable bonds is 5. The molecule has 0 unspecified atom stereocenters. The van der Waals surface area contributed by atoms with E-state index in [0.717, 1.165) is 29.0 Å². The van der Waals surface area contributed by atoms with Crippen LogP contribution in [0.25, 0.3) is 21.3 Å². The van der Waals surface area contributed by atoms with Crippen molar-refractivity contribution in [3.63, 3.8) is 0 Å². The van der Waals surface area contributed by atoms with E-state index in [1.165, 1.54) is 17.5 Å². The maximum absolute atomic E-state index is 4.42. The zero-order valence-corrected chi connectivity index (χ0v) is 12.3. The van der Waals surface area contributed by atoms with Gasteiger partial charge < -0.3 is 5.32 Å². The second kappa shape index (κ2) is 6.01. The van der Waals surface area contributed by atoms with E-state index in [-0.39, 0.29) is 0 Å². The number of fused-ring (bicyclic) bond motifs is 1. The van der Waals surface area contributed by atoms with E-state index in [2.05, 4.69) is 51.9 Å². The van der Waals surface area contributed by atoms with Crippen molar-refractivity contribution in [2.75, 3.05) is 11.9 Å². The summed E-state index contributed by atoms with van der Waals surface area (Å²) in [5.41, 5.74) is 2.43. The number of anilines is 1. The summed E-state index contributed by atoms with van der Waals surface area (Å²) in [6, 6.07) is 10.4. The molecule has 0 spiro atoms. The topological polar surface area (TPSA) is 37.8 Å². The fourth-order valence-electron chi connectivity index (χ4n) is 2.22. The minimum absolute atomic E-state index is 0.948. The van der Waals surface area contributed by atoms with Gasteiger partial charge in [-0.3, -0.25) is 0 Å². The standard InChI is InChI=1S/C16H17N3S/c1-2-3-9-17-15-14-13(12-7-5-4-6-8-12)10-20-16(14)19-11-18-15/h4-8,10-11H,2-3,9H2,1H3,(H,17,18,19). The number of aromatic nitrogens is 2. The van der Waals surface area contributed by atoms with E-state index >= 15 is 0 Å². The molecular weight excluding hydrogens is 266 g/mol. The molecule has 3 rings (SSSR count). The van der Waals surface area contributed by atoms with Crippen molar-refractivity contribution in [1.29, 1.82) is 0 Å². The highest BCUT2D eigenvalue weighted by molar-refractivity contribution is 7.17. The molecule has 2 heterocycles. The maximum atomic E-state index is 4.42. The van der Waals surface area contributed by atoms with Gasteiger partial charge in [0.05, 0.1) is 5.39 Å². The first-order valence-corrected chi connectivity index (χ1v) is 7.79. The summed E-state index contributed by atoms with van der Waals surface area (Å²) >= 11 is 1.67. The third-order valence-electron chi connectivity index (χ3n) is 3.28. The third-order valence-corrected chi connectivity index (χ3v) is 4.16. The van der Waals surface area contributed by atoms with Crippen LogP contribution in [0, 0.1) is 0 Å². The molecule has 102 valence electrons. The first kappa shape index (κ1) is 13.1. The van der Waals surface area contributed by atoms with Crippen molar-refractivity contribution in [3.05, 3.63) is 42.0 Å². The van der Waals surface area contributed by atoms with Crippen molar-refractivity contribution in [3.8, 4) is 11.1 Å². The van der Waals surface area contributed by atoms with Crippen LogP contribution in [-0.4, -0.2) is 16.5 Å². The molecule has 0 bridgehead atoms. The Morgan fingerprint density at radius 3 is 2.80 bits per heavy atom. The molecule has 0 amide bonds. The fourth-order valence-corrected chi connectivity index (χ4v) is 3.14. The number of thiophene rings is 1. The maximum Gasteiger partial charge on any atom is 0.138 e. The summed E-state index contributed by atoms with van der Waals surface area (Å²) in [5, 5.41) is 6.75. The second-order valence-corrected chi connectivity index (χ2v) is 5.56. The van der Waals surface area contributed by atoms with Gasteiger partial charge in [0.1, 0.15) is 17.0 Å². The summed E-state index contributed by atoms with van der Waals surface area (Å²) in [4.78, 5) is 9.84. The van der Waals surface area contributed by atoms with Crippen LogP contribution in [0.1, 0.15) is 19.8 Å². The molecule has 1 N–H and O–H groups in total. The lowest BCUT2D eigenvalue weighted by Crippen LogP contribution is -2.03. The predicted molar refractivity (Wildman–Crippen MR) is 86.2 cm³/mol. The van der Waals surface area contributed by atoms with Crippen molar-refractivity contribution < 1.29 is 0 Å². The molecule has 3 nitrogen and oxygen atoms in total. The van der Waals surface area contributed by atoms with Crippen LogP contribution in [0.3, 0.4) is 0 Å². The molecule has 0 aliphatic rings. The van der Waals surface area contributed by atoms with Gasteiger partial charge in [0.2, 0.25) is 0 Å². The monoisotopic (exact) mass is 283 g/mol. The Bertz CT molecular complexity index is 691. The van der Waals surface area contributed by atoms with E-state index in [9.17, 15) is 0 Å². The molecular formula is C16H17N3S. The Kier molecular flexibility index (Phi) is 3.92. The Morgan fingerprint density at radius 2 is 2.00 bits per heavy atom. The predicted octanol–water partition coefficient (Wildman–Crippen LogP) is 4.57. The molecule has 0 saturated carbocycles. The first-order valence-electron chi connectivity index (χ1n) is 6.91. The Hall–Kier alpha value is -1.94. The minimum atomic E-state index is 0.948. The molecule has 4 heteroatoms. The average Bonchev–Trinajstić information content (AvgIpc) is 2.93. The van der Waals surface area contributed by atoms with Gasteiger partial charge in [-0.15, -0.1) is 11.3 Å². The van der Waals surface area contributed by atoms with Crippen LogP contribution in [-0.2, 0) is 0 Å². The van der Waals surface area contributed by atoms with Crippen LogP contribution < -0.4 is 5.32 Å². The average molecular weight is 283 g/mol. The highest BCUT2D eigenvalue weighted by Crippen LogP contribution is 2.36. The van der Waals surface area contributed by atoms with Crippen LogP contribution in [0.15, 0.2) is 42.0 Å². The number of nitrogens with one attached hydrogen (secondary N) is 1. The zero-order valence-electron chi connectivity index (χ0n) is 11.5. The quantitative estimate of drug-likeness (QED) is 0.697. The van der Waals surface area contributed by atoms with Gasteiger partial charge in [-0.2, -0.15) is 0 Å². The van der Waals surface area contributed by atoms with Crippen LogP contribution in [0.5, 0.6) is 0 Å². The van der Waals surface area contributed by atoms with Crippen molar-refractivity contribution >= 4 is 27.4 Å². The highest BCUT2D eigenvalue weighted by Gasteiger charge is 2.12. The van der Waals surface area contributed by atoms with E-state index in [1.807, 2.05) is 6.07 Å². The number of hydrogen-bond acceptors (Lipinski definition) is 4. The van der Waals surface area contributed by atoms with Gasteiger partial charge in [0.15, 0.2) is 0 Å². The molecule has 0 radical (unpaired) electrons. The summed E-state index contributed by atoms with van der Waals surface area (Å²) in [7, 11) is 0. The van der Waals surface area contributed by atoms with Crippen LogP contribution >= 0.6 is 11.3 Å². The Balaban J connectivity index is 2.05. The number of nitrogens with zero attached hydrogens (tertiary/aromatic N) is 2. The second-order valence-electron chi connectivity index (χ2n) is 4.70. The lowest BCUT2D eigenvalue weighted by atomic mass is 10.1. The first-order chi connectivity index (χ1) is 9.90. The minimum Gasteiger partial charge on any atom is -0.369 e. The van der Waals surface area contributed by atoms with E-state index in [1.54, 1.807) is 17.7 Å². The largest absolute Gasteiger partial charge is 0.369 e. The molecule has 0 atom stereocenters. The summed E-state index contributed by atoms with van der Waals surface area (Å²) in [6.45, 7) is 3.14. The van der Waals surface area contributed by atoms with Crippen LogP contribution in [0.2, 0.25) is 0 Å². The van der Waals surface area contributed by atoms with Gasteiger partial charge in [0, 0.05) is 17.5 Å². The SMILES string of the molecule is CCCCNc1ncnc2scc(-c3ccccc3)c12. The Morgan fingerprint density at radius 1 is 1.15 bits per heavy atom. The number of hydrogen-bond donors (Lipinski definition) is 1. The molecule has 0 aliphatic heterocycles. The molecule has 20 heavy (non-hydrogen) atoms. The van der Waals surface area contributed by atoms with Crippen molar-refractivity contribution in [2.45, 2.75) is 19.8 Å². The van der Waals surface area contributed by atoms with Gasteiger partial charge in [0.25, 0.3) is 0 Å². The molecule has 0 fully saturated rings. The molecule has 0 saturated heterocycles. The molecule has 3 aromatic rings. The molecule has 0 aliphatic carbocycles. The smallest absolute Gasteiger partial charge is 0.138 e. The number of unbranched alkanes of at least 4 members (excludes halogenated alkanes) is 1. The van der Waals surface area contributed by atoms with E-state index in [4.69, 9.17) is 0 Å². The van der Waals surface area contributed by atoms with E-state index in [0.29, 0.717) is 0 Å². The van der Waals surface area contributed by atoms with Crippen LogP contribution in [0.4, 0.5) is 5.82 Å². The molecule has 2 aromatic heterocycles. The van der Waals surface area contributed by atoms with Gasteiger partial charge >= 0.3 is 0 Å². The Labute approximate surface area is 122 Å². The summed E-state index contributed by atoms with van der Waals surface area (Å²) in [6.07, 6.45) is 3.97. The normalized spacial score (nSPS) is 10.8. The van der Waals surface area contributed by atoms with Gasteiger partial charge in [-0.1, -0.05) is 43.7 Å². The summed E-state index contributed by atoms with van der Waals surface area (Å²) in [5.74, 6) is 0.948. The van der Waals surface area contributed by atoms with Crippen molar-refractivity contribution in [1.82, 2.24) is 9.97 Å². The fraction of sp³-hybridized carbons (Fsp3) is 0.250. The lowest BCUT2D eigenvalue weighted by molar-refractivity contribution is 0.831.